The molecule has 4 aromatic rings. The van der Waals surface area contributed by atoms with Gasteiger partial charge in [-0.3, -0.25) is 0 Å². The summed E-state index contributed by atoms with van der Waals surface area (Å²) in [5.74, 6) is 0. The molecule has 3 aromatic carbocycles. The minimum Gasteiger partial charge on any atom is -0.342 e. The number of benzene rings is 3. The molecule has 0 aliphatic heterocycles. The first-order valence-electron chi connectivity index (χ1n) is 9.06. The third-order valence-corrected chi connectivity index (χ3v) is 5.97. The van der Waals surface area contributed by atoms with Crippen molar-refractivity contribution in [3.8, 4) is 0 Å². The summed E-state index contributed by atoms with van der Waals surface area (Å²) in [7, 11) is 0. The van der Waals surface area contributed by atoms with E-state index in [2.05, 4.69) is 103 Å². The maximum Gasteiger partial charge on any atom is 0.0495 e. The Balaban J connectivity index is 1.68. The lowest BCUT2D eigenvalue weighted by Gasteiger charge is -2.10. The molecule has 130 valence electrons. The van der Waals surface area contributed by atoms with Crippen LogP contribution < -0.4 is 0 Å². The molecule has 0 saturated carbocycles. The second-order valence-electron chi connectivity index (χ2n) is 6.80. The molecular formula is C24H23NS. The van der Waals surface area contributed by atoms with Crippen molar-refractivity contribution in [1.82, 2.24) is 4.57 Å². The van der Waals surface area contributed by atoms with Crippen molar-refractivity contribution in [2.75, 3.05) is 0 Å². The Morgan fingerprint density at radius 2 is 1.65 bits per heavy atom. The molecule has 0 spiro atoms. The SMILES string of the molecule is Cc1cccc(Cn2cc(SC(C)c3ccccc3)c3ccccc32)c1. The summed E-state index contributed by atoms with van der Waals surface area (Å²) in [5, 5.41) is 1.77. The maximum atomic E-state index is 2.38. The van der Waals surface area contributed by atoms with Gasteiger partial charge < -0.3 is 4.57 Å². The standard InChI is InChI=1S/C24H23NS/c1-18-9-8-10-20(15-18)16-25-17-24(22-13-6-7-14-23(22)25)26-19(2)21-11-4-3-5-12-21/h3-15,17,19H,16H2,1-2H3. The quantitative estimate of drug-likeness (QED) is 0.354. The predicted octanol–water partition coefficient (Wildman–Crippen LogP) is 6.85. The summed E-state index contributed by atoms with van der Waals surface area (Å²) in [5.41, 5.74) is 5.33. The normalized spacial score (nSPS) is 12.4. The van der Waals surface area contributed by atoms with Crippen LogP contribution in [0.25, 0.3) is 10.9 Å². The Bertz CT molecular complexity index is 1020. The van der Waals surface area contributed by atoms with Crippen LogP contribution in [0, 0.1) is 6.92 Å². The van der Waals surface area contributed by atoms with Crippen molar-refractivity contribution in [3.05, 3.63) is 102 Å². The fourth-order valence-corrected chi connectivity index (χ4v) is 4.59. The lowest BCUT2D eigenvalue weighted by Crippen LogP contribution is -1.97. The molecule has 2 heteroatoms. The molecule has 1 aromatic heterocycles. The first-order valence-corrected chi connectivity index (χ1v) is 9.94. The van der Waals surface area contributed by atoms with Gasteiger partial charge in [0.15, 0.2) is 0 Å². The van der Waals surface area contributed by atoms with E-state index in [9.17, 15) is 0 Å². The Hall–Kier alpha value is -2.45. The smallest absolute Gasteiger partial charge is 0.0495 e. The van der Waals surface area contributed by atoms with Crippen molar-refractivity contribution in [2.45, 2.75) is 30.5 Å². The summed E-state index contributed by atoms with van der Waals surface area (Å²) in [6, 6.07) is 28.2. The third-order valence-electron chi connectivity index (χ3n) is 4.76. The minimum absolute atomic E-state index is 0.425. The molecule has 1 nitrogen and oxygen atoms in total. The minimum atomic E-state index is 0.425. The number of hydrogen-bond acceptors (Lipinski definition) is 1. The summed E-state index contributed by atoms with van der Waals surface area (Å²) in [6.07, 6.45) is 2.32. The number of rotatable bonds is 5. The summed E-state index contributed by atoms with van der Waals surface area (Å²) in [6.45, 7) is 5.34. The Morgan fingerprint density at radius 1 is 0.885 bits per heavy atom. The van der Waals surface area contributed by atoms with Crippen molar-refractivity contribution in [1.29, 1.82) is 0 Å². The fraction of sp³-hybridized carbons (Fsp3) is 0.167. The molecule has 4 rings (SSSR count). The van der Waals surface area contributed by atoms with Gasteiger partial charge in [0.05, 0.1) is 0 Å². The van der Waals surface area contributed by atoms with E-state index < -0.39 is 0 Å². The van der Waals surface area contributed by atoms with Gasteiger partial charge in [0.1, 0.15) is 0 Å². The second-order valence-corrected chi connectivity index (χ2v) is 8.18. The second kappa shape index (κ2) is 7.43. The van der Waals surface area contributed by atoms with Gasteiger partial charge in [-0.1, -0.05) is 78.4 Å². The van der Waals surface area contributed by atoms with Crippen LogP contribution >= 0.6 is 11.8 Å². The summed E-state index contributed by atoms with van der Waals surface area (Å²) in [4.78, 5) is 1.35. The molecular weight excluding hydrogens is 334 g/mol. The van der Waals surface area contributed by atoms with Crippen molar-refractivity contribution < 1.29 is 0 Å². The zero-order valence-corrected chi connectivity index (χ0v) is 16.0. The number of nitrogens with zero attached hydrogens (tertiary/aromatic N) is 1. The van der Waals surface area contributed by atoms with Crippen molar-refractivity contribution >= 4 is 22.7 Å². The highest BCUT2D eigenvalue weighted by atomic mass is 32.2. The third kappa shape index (κ3) is 3.56. The van der Waals surface area contributed by atoms with Crippen molar-refractivity contribution in [3.63, 3.8) is 0 Å². The van der Waals surface area contributed by atoms with Gasteiger partial charge >= 0.3 is 0 Å². The van der Waals surface area contributed by atoms with E-state index in [1.165, 1.54) is 32.5 Å². The molecule has 1 heterocycles. The van der Waals surface area contributed by atoms with Crippen molar-refractivity contribution in [2.24, 2.45) is 0 Å². The number of fused-ring (bicyclic) bond motifs is 1. The van der Waals surface area contributed by atoms with Crippen LogP contribution in [0.1, 0.15) is 28.9 Å². The Morgan fingerprint density at radius 3 is 2.46 bits per heavy atom. The van der Waals surface area contributed by atoms with E-state index in [0.717, 1.165) is 6.54 Å². The van der Waals surface area contributed by atoms with Crippen LogP contribution in [0.3, 0.4) is 0 Å². The monoisotopic (exact) mass is 357 g/mol. The van der Waals surface area contributed by atoms with Gasteiger partial charge in [-0.15, -0.1) is 11.8 Å². The van der Waals surface area contributed by atoms with Crippen LogP contribution in [-0.2, 0) is 6.54 Å². The zero-order chi connectivity index (χ0) is 17.9. The largest absolute Gasteiger partial charge is 0.342 e. The number of aryl methyl sites for hydroxylation is 1. The van der Waals surface area contributed by atoms with Gasteiger partial charge in [0.25, 0.3) is 0 Å². The van der Waals surface area contributed by atoms with Gasteiger partial charge in [-0.2, -0.15) is 0 Å². The first kappa shape index (κ1) is 17.0. The van der Waals surface area contributed by atoms with E-state index in [1.807, 2.05) is 11.8 Å². The average Bonchev–Trinajstić information content (AvgIpc) is 3.00. The first-order chi connectivity index (χ1) is 12.7. The molecule has 0 amide bonds. The Labute approximate surface area is 159 Å². The van der Waals surface area contributed by atoms with Crippen LogP contribution in [0.15, 0.2) is 90.0 Å². The molecule has 0 radical (unpaired) electrons. The van der Waals surface area contributed by atoms with Crippen LogP contribution in [0.5, 0.6) is 0 Å². The van der Waals surface area contributed by atoms with Crippen LogP contribution in [0.4, 0.5) is 0 Å². The predicted molar refractivity (Wildman–Crippen MR) is 113 cm³/mol. The molecule has 0 aliphatic rings. The van der Waals surface area contributed by atoms with E-state index in [-0.39, 0.29) is 0 Å². The molecule has 1 unspecified atom stereocenters. The Kier molecular flexibility index (Phi) is 4.85. The molecule has 0 saturated heterocycles. The topological polar surface area (TPSA) is 4.93 Å². The number of para-hydroxylation sites is 1. The molecule has 26 heavy (non-hydrogen) atoms. The lowest BCUT2D eigenvalue weighted by atomic mass is 10.1. The van der Waals surface area contributed by atoms with E-state index >= 15 is 0 Å². The molecule has 0 N–H and O–H groups in total. The maximum absolute atomic E-state index is 2.38. The van der Waals surface area contributed by atoms with E-state index in [1.54, 1.807) is 0 Å². The van der Waals surface area contributed by atoms with Gasteiger partial charge in [-0.05, 0) is 31.0 Å². The number of hydrogen-bond donors (Lipinski definition) is 0. The number of aromatic nitrogens is 1. The fourth-order valence-electron chi connectivity index (χ4n) is 3.43. The molecule has 0 fully saturated rings. The zero-order valence-electron chi connectivity index (χ0n) is 15.2. The van der Waals surface area contributed by atoms with E-state index in [4.69, 9.17) is 0 Å². The van der Waals surface area contributed by atoms with Gasteiger partial charge in [0.2, 0.25) is 0 Å². The van der Waals surface area contributed by atoms with E-state index in [0.29, 0.717) is 5.25 Å². The van der Waals surface area contributed by atoms with Crippen LogP contribution in [0.2, 0.25) is 0 Å². The highest BCUT2D eigenvalue weighted by molar-refractivity contribution is 7.99. The highest BCUT2D eigenvalue weighted by Crippen LogP contribution is 2.39. The van der Waals surface area contributed by atoms with Gasteiger partial charge in [-0.25, -0.2) is 0 Å². The van der Waals surface area contributed by atoms with Crippen LogP contribution in [-0.4, -0.2) is 4.57 Å². The lowest BCUT2D eigenvalue weighted by molar-refractivity contribution is 0.829. The highest BCUT2D eigenvalue weighted by Gasteiger charge is 2.13. The van der Waals surface area contributed by atoms with Gasteiger partial charge in [0, 0.05) is 33.8 Å². The molecule has 1 atom stereocenters. The summed E-state index contributed by atoms with van der Waals surface area (Å²) < 4.78 is 2.38. The molecule has 0 bridgehead atoms. The summed E-state index contributed by atoms with van der Waals surface area (Å²) >= 11 is 1.94. The average molecular weight is 358 g/mol. The number of thioether (sulfide) groups is 1. The molecule has 0 aliphatic carbocycles.